The van der Waals surface area contributed by atoms with Crippen LogP contribution in [-0.4, -0.2) is 130 Å². The first-order chi connectivity index (χ1) is 31.8. The first-order valence-corrected chi connectivity index (χ1v) is 24.4. The number of hydrogen-bond acceptors (Lipinski definition) is 13. The van der Waals surface area contributed by atoms with Crippen LogP contribution in [0.25, 0.3) is 15.6 Å². The highest BCUT2D eigenvalue weighted by atomic mass is 32.2. The van der Waals surface area contributed by atoms with Crippen LogP contribution in [-0.2, 0) is 47.9 Å². The predicted octanol–water partition coefficient (Wildman–Crippen LogP) is 6.01. The summed E-state index contributed by atoms with van der Waals surface area (Å²) in [7, 11) is -5.52. The summed E-state index contributed by atoms with van der Waals surface area (Å²) in [4.78, 5) is 102. The molecule has 0 spiro atoms. The number of amides is 4. The van der Waals surface area contributed by atoms with Crippen LogP contribution in [0.3, 0.4) is 0 Å². The molecule has 3 aliphatic rings. The van der Waals surface area contributed by atoms with Crippen LogP contribution in [0, 0.1) is 6.57 Å². The second kappa shape index (κ2) is 22.0. The van der Waals surface area contributed by atoms with Gasteiger partial charge in [-0.25, -0.2) is 11.4 Å². The molecule has 4 amide bonds. The molecule has 67 heavy (non-hydrogen) atoms. The lowest BCUT2D eigenvalue weighted by Gasteiger charge is -2.39. The number of carbonyl (C=O) groups is 6. The van der Waals surface area contributed by atoms with Gasteiger partial charge in [0.2, 0.25) is 36.1 Å². The smallest absolute Gasteiger partial charge is 0.432 e. The van der Waals surface area contributed by atoms with Crippen molar-refractivity contribution >= 4 is 65.0 Å². The van der Waals surface area contributed by atoms with Gasteiger partial charge in [0.05, 0.1) is 25.2 Å². The molecule has 0 bridgehead atoms. The Morgan fingerprint density at radius 2 is 1.75 bits per heavy atom. The van der Waals surface area contributed by atoms with Gasteiger partial charge >= 0.3 is 19.4 Å². The van der Waals surface area contributed by atoms with E-state index >= 15 is 8.78 Å². The second-order valence-electron chi connectivity index (χ2n) is 16.7. The molecular formula is C45H53F2N6O12PS. The highest BCUT2D eigenvalue weighted by Gasteiger charge is 2.56. The summed E-state index contributed by atoms with van der Waals surface area (Å²) < 4.78 is 66.5. The van der Waals surface area contributed by atoms with Crippen molar-refractivity contribution in [3.63, 3.8) is 0 Å². The number of aromatic amines is 1. The number of thioether (sulfide) groups is 1. The van der Waals surface area contributed by atoms with Crippen LogP contribution in [0.1, 0.15) is 87.2 Å². The summed E-state index contributed by atoms with van der Waals surface area (Å²) >= 11 is 0.811. The Balaban J connectivity index is 1.22. The highest BCUT2D eigenvalue weighted by molar-refractivity contribution is 8.13. The lowest BCUT2D eigenvalue weighted by Crippen LogP contribution is -2.61. The molecule has 3 fully saturated rings. The van der Waals surface area contributed by atoms with E-state index < -0.39 is 86.4 Å². The summed E-state index contributed by atoms with van der Waals surface area (Å²) in [6.07, 6.45) is 1.54. The van der Waals surface area contributed by atoms with Gasteiger partial charge in [-0.3, -0.25) is 37.9 Å². The van der Waals surface area contributed by atoms with E-state index in [1.165, 1.54) is 67.1 Å². The zero-order valence-corrected chi connectivity index (χ0v) is 39.2. The van der Waals surface area contributed by atoms with Gasteiger partial charge in [0.25, 0.3) is 5.91 Å². The van der Waals surface area contributed by atoms with Gasteiger partial charge in [-0.2, -0.15) is 8.78 Å². The van der Waals surface area contributed by atoms with Crippen molar-refractivity contribution in [3.05, 3.63) is 93.2 Å². The van der Waals surface area contributed by atoms with Crippen molar-refractivity contribution in [1.29, 1.82) is 0 Å². The summed E-state index contributed by atoms with van der Waals surface area (Å²) in [6.45, 7) is 12.5. The number of ether oxygens (including phenoxy) is 2. The maximum absolute atomic E-state index is 16.4. The average molecular weight is 971 g/mol. The molecule has 1 unspecified atom stereocenters. The topological polar surface area (TPSA) is 215 Å². The predicted molar refractivity (Wildman–Crippen MR) is 241 cm³/mol. The van der Waals surface area contributed by atoms with Crippen LogP contribution < -0.4 is 10.9 Å². The Morgan fingerprint density at radius 1 is 0.985 bits per heavy atom. The van der Waals surface area contributed by atoms with Crippen LogP contribution in [0.5, 0.6) is 0 Å². The van der Waals surface area contributed by atoms with E-state index in [0.29, 0.717) is 36.6 Å². The van der Waals surface area contributed by atoms with Crippen molar-refractivity contribution in [2.45, 2.75) is 102 Å². The Hall–Kier alpha value is -5.68. The number of pyridine rings is 1. The molecule has 0 saturated carbocycles. The lowest BCUT2D eigenvalue weighted by molar-refractivity contribution is -0.148. The van der Waals surface area contributed by atoms with Gasteiger partial charge in [-0.1, -0.05) is 36.9 Å². The van der Waals surface area contributed by atoms with Gasteiger partial charge in [-0.05, 0) is 80.1 Å². The molecule has 360 valence electrons. The van der Waals surface area contributed by atoms with Crippen LogP contribution in [0.2, 0.25) is 0 Å². The molecule has 6 rings (SSSR count). The van der Waals surface area contributed by atoms with E-state index in [1.807, 2.05) is 0 Å². The lowest BCUT2D eigenvalue weighted by atomic mass is 9.96. The maximum atomic E-state index is 16.4. The first-order valence-electron chi connectivity index (χ1n) is 21.9. The van der Waals surface area contributed by atoms with E-state index in [4.69, 9.17) is 25.1 Å². The average Bonchev–Trinajstić information content (AvgIpc) is 3.92. The number of nitrogens with one attached hydrogen (secondary N) is 2. The number of benzene rings is 2. The number of rotatable bonds is 16. The molecular weight excluding hydrogens is 918 g/mol. The number of nitrogens with zero attached hydrogens (tertiary/aromatic N) is 4. The Bertz CT molecular complexity index is 2520. The first kappa shape index (κ1) is 50.7. The molecule has 6 atom stereocenters. The van der Waals surface area contributed by atoms with Gasteiger partial charge in [0, 0.05) is 68.2 Å². The van der Waals surface area contributed by atoms with E-state index in [1.54, 1.807) is 17.9 Å². The molecule has 0 aliphatic carbocycles. The zero-order valence-electron chi connectivity index (χ0n) is 37.4. The quantitative estimate of drug-likeness (QED) is 0.0554. The summed E-state index contributed by atoms with van der Waals surface area (Å²) in [5.74, 6) is -2.64. The molecule has 2 N–H and O–H groups in total. The van der Waals surface area contributed by atoms with Crippen LogP contribution in [0.15, 0.2) is 59.5 Å². The van der Waals surface area contributed by atoms with Crippen molar-refractivity contribution in [2.75, 3.05) is 45.3 Å². The number of aromatic nitrogens is 1. The van der Waals surface area contributed by atoms with E-state index in [9.17, 15) is 38.1 Å². The highest BCUT2D eigenvalue weighted by Crippen LogP contribution is 2.67. The number of halogens is 2. The van der Waals surface area contributed by atoms with E-state index in [0.717, 1.165) is 23.9 Å². The minimum Gasteiger partial charge on any atom is -0.432 e. The number of hydrogen-bond donors (Lipinski definition) is 2. The van der Waals surface area contributed by atoms with Gasteiger partial charge in [-0.15, -0.1) is 0 Å². The molecule has 18 nitrogen and oxygen atoms in total. The number of fused-ring (bicyclic) bond motifs is 2. The summed E-state index contributed by atoms with van der Waals surface area (Å²) in [5, 5.41) is 2.99. The van der Waals surface area contributed by atoms with Crippen molar-refractivity contribution < 1.29 is 60.6 Å². The largest absolute Gasteiger partial charge is 0.510 e. The molecule has 22 heteroatoms. The fraction of sp³-hybridized carbons (Fsp3) is 0.511. The Morgan fingerprint density at radius 3 is 2.45 bits per heavy atom. The molecule has 3 saturated heterocycles. The summed E-state index contributed by atoms with van der Waals surface area (Å²) in [6, 6.07) is 7.26. The fourth-order valence-corrected chi connectivity index (χ4v) is 10.7. The van der Waals surface area contributed by atoms with E-state index in [-0.39, 0.29) is 71.8 Å². The number of carbonyl (C=O) groups excluding carboxylic acids is 6. The van der Waals surface area contributed by atoms with Gasteiger partial charge in [0.15, 0.2) is 5.12 Å². The molecule has 0 radical (unpaired) electrons. The molecule has 3 aromatic rings. The van der Waals surface area contributed by atoms with Gasteiger partial charge in [0.1, 0.15) is 12.1 Å². The number of alkyl halides is 2. The monoisotopic (exact) mass is 970 g/mol. The zero-order chi connectivity index (χ0) is 48.6. The SMILES string of the molecule is [C-]#[N+][C@@H]1CN(C(=O)[C@@H]2CC[C@@H]3CCN(C(C)=O)C[C@H](NC(=O)c4ccc5ccc(C(F)(F)P(=O)(OCCSC(=O)CCC)OCOC(=O)OC(C)C)cc5c4)C(=O)N32)C[C@H]1c1cc[nH]c(=O)c1. The fourth-order valence-electron chi connectivity index (χ4n) is 8.47. The Kier molecular flexibility index (Phi) is 16.6. The Labute approximate surface area is 389 Å². The normalized spacial score (nSPS) is 21.8. The molecule has 1 aromatic heterocycles. The standard InChI is InChI=1S/C45H53F2N6O12PS/c1-6-7-40(56)67-19-18-63-66(61,64-26-62-44(60)65-27(2)3)45(46,47)33-11-10-29-8-9-31(20-32(29)21-33)41(57)50-37-25-51(28(4)54)17-15-34-12-13-38(53(34)42(37)58)43(59)52-23-35(36(24-52)48-5)30-14-16-49-39(55)22-30/h8-11,14,16,20-22,27,34-38H,6-7,12-13,15,17-19,23-26H2,1-4H3,(H,49,55)(H,50,57)/t34-,35+,36-,37+,38+,66?/m1/s1. The van der Waals surface area contributed by atoms with Crippen molar-refractivity contribution in [2.24, 2.45) is 0 Å². The minimum absolute atomic E-state index is 0.0580. The van der Waals surface area contributed by atoms with E-state index in [2.05, 4.69) is 15.1 Å². The number of H-pyrrole nitrogens is 1. The van der Waals surface area contributed by atoms with Crippen LogP contribution in [0.4, 0.5) is 13.6 Å². The van der Waals surface area contributed by atoms with Crippen molar-refractivity contribution in [3.8, 4) is 0 Å². The van der Waals surface area contributed by atoms with Crippen LogP contribution >= 0.6 is 19.4 Å². The molecule has 2 aromatic carbocycles. The third-order valence-corrected chi connectivity index (χ3v) is 14.6. The molecule has 3 aliphatic heterocycles. The second-order valence-corrected chi connectivity index (χ2v) is 20.0. The third kappa shape index (κ3) is 11.9. The van der Waals surface area contributed by atoms with Crippen molar-refractivity contribution in [1.82, 2.24) is 25.0 Å². The third-order valence-electron chi connectivity index (χ3n) is 11.8. The maximum Gasteiger partial charge on any atom is 0.510 e. The minimum atomic E-state index is -5.52. The van der Waals surface area contributed by atoms with Gasteiger partial charge < -0.3 is 43.8 Å². The summed E-state index contributed by atoms with van der Waals surface area (Å²) in [5.41, 5.74) is -4.98. The molecule has 4 heterocycles. The number of likely N-dealkylation sites (tertiary alicyclic amines) is 1.